The largest absolute Gasteiger partial charge is 0.435 e. The SMILES string of the molecule is Cn1cc(Oc2nc3c(cc2/C(N)=N/O)CCCC3)cn1. The van der Waals surface area contributed by atoms with E-state index in [1.54, 1.807) is 24.1 Å². The van der Waals surface area contributed by atoms with Gasteiger partial charge in [-0.25, -0.2) is 4.98 Å². The number of aryl methyl sites for hydroxylation is 3. The van der Waals surface area contributed by atoms with E-state index < -0.39 is 0 Å². The van der Waals surface area contributed by atoms with Crippen LogP contribution in [-0.2, 0) is 19.9 Å². The highest BCUT2D eigenvalue weighted by Gasteiger charge is 2.19. The predicted molar refractivity (Wildman–Crippen MR) is 76.7 cm³/mol. The summed E-state index contributed by atoms with van der Waals surface area (Å²) < 4.78 is 7.39. The van der Waals surface area contributed by atoms with E-state index in [0.29, 0.717) is 17.2 Å². The van der Waals surface area contributed by atoms with Gasteiger partial charge in [0.1, 0.15) is 0 Å². The molecule has 0 atom stereocenters. The van der Waals surface area contributed by atoms with Gasteiger partial charge in [-0.2, -0.15) is 5.10 Å². The molecule has 7 heteroatoms. The fourth-order valence-corrected chi connectivity index (χ4v) is 2.49. The molecule has 0 amide bonds. The Hall–Kier alpha value is -2.57. The van der Waals surface area contributed by atoms with E-state index in [0.717, 1.165) is 36.9 Å². The summed E-state index contributed by atoms with van der Waals surface area (Å²) in [7, 11) is 1.80. The van der Waals surface area contributed by atoms with E-state index >= 15 is 0 Å². The summed E-state index contributed by atoms with van der Waals surface area (Å²) in [6, 6.07) is 1.91. The lowest BCUT2D eigenvalue weighted by Crippen LogP contribution is -2.17. The Morgan fingerprint density at radius 3 is 2.95 bits per heavy atom. The van der Waals surface area contributed by atoms with Crippen LogP contribution >= 0.6 is 0 Å². The van der Waals surface area contributed by atoms with Gasteiger partial charge in [0, 0.05) is 12.7 Å². The normalized spacial score (nSPS) is 14.8. The van der Waals surface area contributed by atoms with Gasteiger partial charge in [0.2, 0.25) is 5.88 Å². The molecule has 0 aromatic carbocycles. The summed E-state index contributed by atoms with van der Waals surface area (Å²) in [6.45, 7) is 0. The topological polar surface area (TPSA) is 98.6 Å². The number of aromatic nitrogens is 3. The number of rotatable bonds is 3. The molecule has 0 saturated heterocycles. The smallest absolute Gasteiger partial charge is 0.230 e. The first-order valence-electron chi connectivity index (χ1n) is 6.84. The number of fused-ring (bicyclic) bond motifs is 1. The van der Waals surface area contributed by atoms with Crippen molar-refractivity contribution in [2.75, 3.05) is 0 Å². The molecule has 1 aliphatic carbocycles. The van der Waals surface area contributed by atoms with Gasteiger partial charge in [0.15, 0.2) is 11.6 Å². The molecular formula is C14H17N5O2. The fraction of sp³-hybridized carbons (Fsp3) is 0.357. The highest BCUT2D eigenvalue weighted by molar-refractivity contribution is 5.99. The quantitative estimate of drug-likeness (QED) is 0.386. The van der Waals surface area contributed by atoms with E-state index in [4.69, 9.17) is 15.7 Å². The van der Waals surface area contributed by atoms with Gasteiger partial charge in [-0.1, -0.05) is 5.16 Å². The highest BCUT2D eigenvalue weighted by atomic mass is 16.5. The van der Waals surface area contributed by atoms with Crippen molar-refractivity contribution in [2.45, 2.75) is 25.7 Å². The number of ether oxygens (including phenoxy) is 1. The van der Waals surface area contributed by atoms with Gasteiger partial charge >= 0.3 is 0 Å². The van der Waals surface area contributed by atoms with Gasteiger partial charge in [0.25, 0.3) is 0 Å². The summed E-state index contributed by atoms with van der Waals surface area (Å²) >= 11 is 0. The Labute approximate surface area is 122 Å². The monoisotopic (exact) mass is 287 g/mol. The van der Waals surface area contributed by atoms with Crippen LogP contribution in [0.1, 0.15) is 29.7 Å². The Kier molecular flexibility index (Phi) is 3.47. The highest BCUT2D eigenvalue weighted by Crippen LogP contribution is 2.28. The van der Waals surface area contributed by atoms with Crippen LogP contribution in [0.25, 0.3) is 0 Å². The van der Waals surface area contributed by atoms with Crippen molar-refractivity contribution in [3.63, 3.8) is 0 Å². The van der Waals surface area contributed by atoms with Crippen LogP contribution in [0.2, 0.25) is 0 Å². The zero-order chi connectivity index (χ0) is 14.8. The summed E-state index contributed by atoms with van der Waals surface area (Å²) in [5.74, 6) is 0.904. The molecule has 3 rings (SSSR count). The van der Waals surface area contributed by atoms with Gasteiger partial charge in [-0.05, 0) is 37.3 Å². The lowest BCUT2D eigenvalue weighted by atomic mass is 9.95. The van der Waals surface area contributed by atoms with Crippen LogP contribution in [0.3, 0.4) is 0 Å². The van der Waals surface area contributed by atoms with E-state index in [1.165, 1.54) is 0 Å². The molecule has 0 bridgehead atoms. The molecule has 21 heavy (non-hydrogen) atoms. The summed E-state index contributed by atoms with van der Waals surface area (Å²) in [5, 5.41) is 16.1. The lowest BCUT2D eigenvalue weighted by molar-refractivity contribution is 0.318. The van der Waals surface area contributed by atoms with E-state index in [9.17, 15) is 0 Å². The first-order chi connectivity index (χ1) is 10.2. The number of hydrogen-bond acceptors (Lipinski definition) is 5. The van der Waals surface area contributed by atoms with E-state index in [-0.39, 0.29) is 5.84 Å². The number of pyridine rings is 1. The minimum absolute atomic E-state index is 0.00485. The lowest BCUT2D eigenvalue weighted by Gasteiger charge is -2.18. The summed E-state index contributed by atoms with van der Waals surface area (Å²) in [6.07, 6.45) is 7.47. The van der Waals surface area contributed by atoms with E-state index in [1.807, 2.05) is 6.07 Å². The molecule has 1 aliphatic rings. The van der Waals surface area contributed by atoms with Crippen molar-refractivity contribution in [3.05, 3.63) is 35.3 Å². The van der Waals surface area contributed by atoms with Crippen LogP contribution in [0.4, 0.5) is 0 Å². The Bertz CT molecular complexity index is 693. The van der Waals surface area contributed by atoms with Crippen LogP contribution in [0, 0.1) is 0 Å². The average molecular weight is 287 g/mol. The average Bonchev–Trinajstić information content (AvgIpc) is 2.91. The van der Waals surface area contributed by atoms with Crippen molar-refractivity contribution in [3.8, 4) is 11.6 Å². The van der Waals surface area contributed by atoms with Gasteiger partial charge in [-0.15, -0.1) is 0 Å². The predicted octanol–water partition coefficient (Wildman–Crippen LogP) is 1.58. The molecule has 0 unspecified atom stereocenters. The number of nitrogens with zero attached hydrogens (tertiary/aromatic N) is 4. The molecule has 2 aromatic rings. The van der Waals surface area contributed by atoms with Gasteiger partial charge in [-0.3, -0.25) is 4.68 Å². The van der Waals surface area contributed by atoms with Crippen LogP contribution in [0.15, 0.2) is 23.6 Å². The molecule has 0 spiro atoms. The van der Waals surface area contributed by atoms with Crippen molar-refractivity contribution < 1.29 is 9.94 Å². The zero-order valence-corrected chi connectivity index (χ0v) is 11.8. The zero-order valence-electron chi connectivity index (χ0n) is 11.8. The number of hydrogen-bond donors (Lipinski definition) is 2. The standard InChI is InChI=1S/C14H17N5O2/c1-19-8-10(7-16-19)21-14-11(13(15)18-20)6-9-4-2-3-5-12(9)17-14/h6-8,20H,2-5H2,1H3,(H2,15,18). The van der Waals surface area contributed by atoms with Crippen molar-refractivity contribution in [1.82, 2.24) is 14.8 Å². The molecule has 3 N–H and O–H groups in total. The third-order valence-corrected chi connectivity index (χ3v) is 3.55. The molecule has 2 aromatic heterocycles. The molecule has 7 nitrogen and oxygen atoms in total. The summed E-state index contributed by atoms with van der Waals surface area (Å²) in [5.41, 5.74) is 8.41. The summed E-state index contributed by atoms with van der Waals surface area (Å²) in [4.78, 5) is 4.56. The van der Waals surface area contributed by atoms with Crippen LogP contribution < -0.4 is 10.5 Å². The third kappa shape index (κ3) is 2.67. The maximum absolute atomic E-state index is 8.95. The molecule has 2 heterocycles. The van der Waals surface area contributed by atoms with Crippen molar-refractivity contribution in [1.29, 1.82) is 0 Å². The number of oxime groups is 1. The molecular weight excluding hydrogens is 270 g/mol. The second-order valence-electron chi connectivity index (χ2n) is 5.09. The Morgan fingerprint density at radius 1 is 1.43 bits per heavy atom. The minimum Gasteiger partial charge on any atom is -0.435 e. The van der Waals surface area contributed by atoms with Crippen molar-refractivity contribution in [2.24, 2.45) is 17.9 Å². The molecule has 0 radical (unpaired) electrons. The van der Waals surface area contributed by atoms with Crippen molar-refractivity contribution >= 4 is 5.84 Å². The second-order valence-corrected chi connectivity index (χ2v) is 5.09. The molecule has 0 fully saturated rings. The molecule has 0 saturated carbocycles. The Balaban J connectivity index is 2.03. The fourth-order valence-electron chi connectivity index (χ4n) is 2.49. The first kappa shape index (κ1) is 13.4. The van der Waals surface area contributed by atoms with Gasteiger partial charge < -0.3 is 15.7 Å². The van der Waals surface area contributed by atoms with E-state index in [2.05, 4.69) is 15.2 Å². The Morgan fingerprint density at radius 2 is 2.24 bits per heavy atom. The maximum Gasteiger partial charge on any atom is 0.230 e. The number of amidine groups is 1. The van der Waals surface area contributed by atoms with Gasteiger partial charge in [0.05, 0.1) is 18.0 Å². The van der Waals surface area contributed by atoms with Crippen LogP contribution in [-0.4, -0.2) is 25.8 Å². The first-order valence-corrected chi connectivity index (χ1v) is 6.84. The number of nitrogens with two attached hydrogens (primary N) is 1. The molecule has 110 valence electrons. The second kappa shape index (κ2) is 5.43. The molecule has 0 aliphatic heterocycles. The maximum atomic E-state index is 8.95. The third-order valence-electron chi connectivity index (χ3n) is 3.55. The minimum atomic E-state index is -0.00485. The van der Waals surface area contributed by atoms with Crippen LogP contribution in [0.5, 0.6) is 11.6 Å².